The van der Waals surface area contributed by atoms with E-state index < -0.39 is 0 Å². The molecule has 0 saturated carbocycles. The Hall–Kier alpha value is -1.66. The summed E-state index contributed by atoms with van der Waals surface area (Å²) in [7, 11) is 0. The third kappa shape index (κ3) is 4.54. The van der Waals surface area contributed by atoms with Crippen LogP contribution in [-0.2, 0) is 16.0 Å². The molecule has 6 heteroatoms. The van der Waals surface area contributed by atoms with Crippen molar-refractivity contribution in [1.82, 2.24) is 9.80 Å². The zero-order chi connectivity index (χ0) is 18.5. The second-order valence-electron chi connectivity index (χ2n) is 6.62. The number of hydrogen-bond acceptors (Lipinski definition) is 4. The van der Waals surface area contributed by atoms with Gasteiger partial charge in [0.1, 0.15) is 4.32 Å². The second kappa shape index (κ2) is 8.82. The quantitative estimate of drug-likeness (QED) is 0.548. The summed E-state index contributed by atoms with van der Waals surface area (Å²) in [6, 6.07) is 8.22. The number of amides is 2. The molecule has 4 nitrogen and oxygen atoms in total. The molecule has 0 radical (unpaired) electrons. The van der Waals surface area contributed by atoms with Crippen molar-refractivity contribution >= 4 is 46.2 Å². The lowest BCUT2D eigenvalue weighted by molar-refractivity contribution is -0.130. The Bertz CT molecular complexity index is 722. The van der Waals surface area contributed by atoms with Crippen LogP contribution in [0.25, 0.3) is 6.08 Å². The lowest BCUT2D eigenvalue weighted by atomic mass is 10.1. The maximum Gasteiger partial charge on any atom is 0.266 e. The van der Waals surface area contributed by atoms with Gasteiger partial charge >= 0.3 is 0 Å². The summed E-state index contributed by atoms with van der Waals surface area (Å²) in [5, 5.41) is 0. The molecule has 2 amide bonds. The normalized spacial score (nSPS) is 19.0. The van der Waals surface area contributed by atoms with Crippen LogP contribution in [0.2, 0.25) is 0 Å². The second-order valence-corrected chi connectivity index (χ2v) is 8.30. The topological polar surface area (TPSA) is 40.6 Å². The van der Waals surface area contributed by atoms with E-state index in [0.29, 0.717) is 28.6 Å². The number of rotatable bonds is 6. The van der Waals surface area contributed by atoms with Gasteiger partial charge in [-0.25, -0.2) is 0 Å². The molecule has 0 unspecified atom stereocenters. The molecule has 1 aromatic carbocycles. The molecule has 0 spiro atoms. The molecule has 0 aromatic heterocycles. The van der Waals surface area contributed by atoms with Crippen LogP contribution in [0, 0.1) is 0 Å². The van der Waals surface area contributed by atoms with Crippen molar-refractivity contribution in [2.24, 2.45) is 0 Å². The van der Waals surface area contributed by atoms with E-state index in [0.717, 1.165) is 37.9 Å². The molecular weight excluding hydrogens is 364 g/mol. The molecule has 2 fully saturated rings. The molecule has 1 aromatic rings. The van der Waals surface area contributed by atoms with E-state index in [1.807, 2.05) is 23.1 Å². The van der Waals surface area contributed by atoms with Crippen LogP contribution >= 0.6 is 24.0 Å². The molecule has 138 valence electrons. The fraction of sp³-hybridized carbons (Fsp3) is 0.450. The summed E-state index contributed by atoms with van der Waals surface area (Å²) < 4.78 is 0.583. The number of aryl methyl sites for hydroxylation is 1. The van der Waals surface area contributed by atoms with Gasteiger partial charge in [0.15, 0.2) is 0 Å². The molecule has 2 heterocycles. The van der Waals surface area contributed by atoms with E-state index >= 15 is 0 Å². The predicted octanol–water partition coefficient (Wildman–Crippen LogP) is 3.85. The van der Waals surface area contributed by atoms with Gasteiger partial charge in [-0.15, -0.1) is 0 Å². The number of likely N-dealkylation sites (tertiary alicyclic amines) is 1. The molecule has 2 saturated heterocycles. The molecule has 2 aliphatic rings. The average Bonchev–Trinajstić information content (AvgIpc) is 3.27. The first kappa shape index (κ1) is 19.1. The molecule has 26 heavy (non-hydrogen) atoms. The molecule has 3 rings (SSSR count). The minimum absolute atomic E-state index is 0.0480. The number of thioether (sulfide) groups is 1. The zero-order valence-corrected chi connectivity index (χ0v) is 16.7. The van der Waals surface area contributed by atoms with Gasteiger partial charge < -0.3 is 4.90 Å². The average molecular weight is 389 g/mol. The van der Waals surface area contributed by atoms with Crippen molar-refractivity contribution in [3.63, 3.8) is 0 Å². The Labute approximate surface area is 164 Å². The standard InChI is InChI=1S/C20H24N2O2S2/c1-2-15-7-9-16(10-8-15)14-17-19(24)22(20(25)26-17)13-5-6-18(23)21-11-3-4-12-21/h7-10,14H,2-6,11-13H2,1H3/b17-14+. The summed E-state index contributed by atoms with van der Waals surface area (Å²) >= 11 is 6.71. The third-order valence-electron chi connectivity index (χ3n) is 4.79. The van der Waals surface area contributed by atoms with Gasteiger partial charge in [0.2, 0.25) is 5.91 Å². The summed E-state index contributed by atoms with van der Waals surface area (Å²) in [6.07, 6.45) is 6.23. The van der Waals surface area contributed by atoms with E-state index in [1.165, 1.54) is 17.3 Å². The van der Waals surface area contributed by atoms with Crippen molar-refractivity contribution in [1.29, 1.82) is 0 Å². The van der Waals surface area contributed by atoms with Gasteiger partial charge in [0.05, 0.1) is 4.91 Å². The Kier molecular flexibility index (Phi) is 6.48. The summed E-state index contributed by atoms with van der Waals surface area (Å²) in [4.78, 5) is 28.9. The predicted molar refractivity (Wildman–Crippen MR) is 111 cm³/mol. The van der Waals surface area contributed by atoms with E-state index in [9.17, 15) is 9.59 Å². The lowest BCUT2D eigenvalue weighted by Gasteiger charge is -2.17. The van der Waals surface area contributed by atoms with Crippen LogP contribution in [0.3, 0.4) is 0 Å². The number of carbonyl (C=O) groups excluding carboxylic acids is 2. The highest BCUT2D eigenvalue weighted by Gasteiger charge is 2.31. The smallest absolute Gasteiger partial charge is 0.266 e. The van der Waals surface area contributed by atoms with E-state index in [1.54, 1.807) is 4.90 Å². The van der Waals surface area contributed by atoms with E-state index in [4.69, 9.17) is 12.2 Å². The van der Waals surface area contributed by atoms with Gasteiger partial charge in [-0.1, -0.05) is 55.2 Å². The molecule has 2 aliphatic heterocycles. The van der Waals surface area contributed by atoms with Gasteiger partial charge in [-0.3, -0.25) is 14.5 Å². The molecule has 0 N–H and O–H groups in total. The Morgan fingerprint density at radius 1 is 1.23 bits per heavy atom. The van der Waals surface area contributed by atoms with Crippen LogP contribution in [0.5, 0.6) is 0 Å². The van der Waals surface area contributed by atoms with E-state index in [-0.39, 0.29) is 11.8 Å². The van der Waals surface area contributed by atoms with Crippen LogP contribution in [0.1, 0.15) is 43.7 Å². The number of carbonyl (C=O) groups is 2. The number of hydrogen-bond donors (Lipinski definition) is 0. The first-order valence-electron chi connectivity index (χ1n) is 9.20. The SMILES string of the molecule is CCc1ccc(/C=C2/SC(=S)N(CCCC(=O)N3CCCC3)C2=O)cc1. The van der Waals surface area contributed by atoms with Crippen LogP contribution < -0.4 is 0 Å². The summed E-state index contributed by atoms with van der Waals surface area (Å²) in [6.45, 7) is 4.38. The highest BCUT2D eigenvalue weighted by atomic mass is 32.2. The molecular formula is C20H24N2O2S2. The highest BCUT2D eigenvalue weighted by molar-refractivity contribution is 8.26. The molecule has 0 aliphatic carbocycles. The van der Waals surface area contributed by atoms with Gasteiger partial charge in [0.25, 0.3) is 5.91 Å². The van der Waals surface area contributed by atoms with Gasteiger partial charge in [-0.05, 0) is 42.9 Å². The number of benzene rings is 1. The monoisotopic (exact) mass is 388 g/mol. The Morgan fingerprint density at radius 3 is 2.58 bits per heavy atom. The van der Waals surface area contributed by atoms with Crippen LogP contribution in [0.15, 0.2) is 29.2 Å². The Morgan fingerprint density at radius 2 is 1.92 bits per heavy atom. The van der Waals surface area contributed by atoms with Crippen molar-refractivity contribution < 1.29 is 9.59 Å². The maximum atomic E-state index is 12.6. The van der Waals surface area contributed by atoms with Crippen molar-refractivity contribution in [2.75, 3.05) is 19.6 Å². The van der Waals surface area contributed by atoms with Gasteiger partial charge in [0, 0.05) is 26.1 Å². The first-order chi connectivity index (χ1) is 12.6. The molecule has 0 atom stereocenters. The largest absolute Gasteiger partial charge is 0.343 e. The van der Waals surface area contributed by atoms with Crippen molar-refractivity contribution in [2.45, 2.75) is 39.0 Å². The maximum absolute atomic E-state index is 12.6. The molecule has 0 bridgehead atoms. The minimum atomic E-state index is -0.0480. The Balaban J connectivity index is 1.55. The summed E-state index contributed by atoms with van der Waals surface area (Å²) in [5.41, 5.74) is 2.28. The highest BCUT2D eigenvalue weighted by Crippen LogP contribution is 2.32. The third-order valence-corrected chi connectivity index (χ3v) is 6.17. The number of nitrogens with zero attached hydrogens (tertiary/aromatic N) is 2. The van der Waals surface area contributed by atoms with Crippen LogP contribution in [0.4, 0.5) is 0 Å². The zero-order valence-electron chi connectivity index (χ0n) is 15.1. The van der Waals surface area contributed by atoms with Crippen LogP contribution in [-0.4, -0.2) is 45.6 Å². The lowest BCUT2D eigenvalue weighted by Crippen LogP contribution is -2.31. The van der Waals surface area contributed by atoms with Gasteiger partial charge in [-0.2, -0.15) is 0 Å². The fourth-order valence-corrected chi connectivity index (χ4v) is 4.52. The first-order valence-corrected chi connectivity index (χ1v) is 10.4. The van der Waals surface area contributed by atoms with Crippen molar-refractivity contribution in [3.05, 3.63) is 40.3 Å². The minimum Gasteiger partial charge on any atom is -0.343 e. The fourth-order valence-electron chi connectivity index (χ4n) is 3.21. The summed E-state index contributed by atoms with van der Waals surface area (Å²) in [5.74, 6) is 0.146. The van der Waals surface area contributed by atoms with Crippen molar-refractivity contribution in [3.8, 4) is 0 Å². The van der Waals surface area contributed by atoms with E-state index in [2.05, 4.69) is 19.1 Å². The number of thiocarbonyl (C=S) groups is 1.